The van der Waals surface area contributed by atoms with Gasteiger partial charge in [-0.05, 0) is 72.4 Å². The summed E-state index contributed by atoms with van der Waals surface area (Å²) >= 11 is 0. The van der Waals surface area contributed by atoms with E-state index in [0.717, 1.165) is 59.8 Å². The number of halogens is 3. The van der Waals surface area contributed by atoms with Gasteiger partial charge < -0.3 is 4.90 Å². The third-order valence-electron chi connectivity index (χ3n) is 8.03. The topological polar surface area (TPSA) is 33.4 Å². The van der Waals surface area contributed by atoms with Crippen LogP contribution < -0.4 is 0 Å². The van der Waals surface area contributed by atoms with Crippen molar-refractivity contribution < 1.29 is 13.2 Å². The number of imidazole rings is 1. The van der Waals surface area contributed by atoms with Gasteiger partial charge in [-0.2, -0.15) is 13.2 Å². The lowest BCUT2D eigenvalue weighted by atomic mass is 9.83. The van der Waals surface area contributed by atoms with Crippen molar-refractivity contribution in [2.75, 3.05) is 13.1 Å². The van der Waals surface area contributed by atoms with Crippen LogP contribution in [0, 0.1) is 12.8 Å². The van der Waals surface area contributed by atoms with E-state index >= 15 is 0 Å². The van der Waals surface area contributed by atoms with E-state index in [1.807, 2.05) is 27.1 Å². The van der Waals surface area contributed by atoms with Gasteiger partial charge in [0.25, 0.3) is 0 Å². The first-order chi connectivity index (χ1) is 16.1. The van der Waals surface area contributed by atoms with Crippen molar-refractivity contribution in [3.05, 3.63) is 47.3 Å². The molecule has 1 aliphatic carbocycles. The van der Waals surface area contributed by atoms with Crippen LogP contribution in [0.1, 0.15) is 93.9 Å². The fourth-order valence-electron chi connectivity index (χ4n) is 5.79. The number of piperidine rings is 1. The number of nitrogens with zero attached hydrogens (tertiary/aromatic N) is 4. The first-order valence-corrected chi connectivity index (χ1v) is 12.6. The highest BCUT2D eigenvalue weighted by Gasteiger charge is 2.42. The van der Waals surface area contributed by atoms with Crippen molar-refractivity contribution in [1.29, 1.82) is 0 Å². The predicted molar refractivity (Wildman–Crippen MR) is 131 cm³/mol. The molecule has 3 heterocycles. The number of allylic oxidation sites excluding steroid dienone is 2. The van der Waals surface area contributed by atoms with Gasteiger partial charge in [-0.25, -0.2) is 9.97 Å². The smallest absolute Gasteiger partial charge is 0.300 e. The van der Waals surface area contributed by atoms with Crippen LogP contribution >= 0.6 is 0 Å². The Morgan fingerprint density at radius 1 is 1.15 bits per heavy atom. The van der Waals surface area contributed by atoms with Gasteiger partial charge in [0.1, 0.15) is 12.2 Å². The van der Waals surface area contributed by atoms with Gasteiger partial charge >= 0.3 is 6.18 Å². The largest absolute Gasteiger partial charge is 0.391 e. The SMILES string of the molecule is C=C(C)C(C)c1ncn2c(C)nc(C3CCN(C4CCC(C(F)(F)F)CC4)CC3)c2c1C=CC. The van der Waals surface area contributed by atoms with Crippen molar-refractivity contribution in [3.63, 3.8) is 0 Å². The monoisotopic (exact) mass is 474 g/mol. The molecule has 4 nitrogen and oxygen atoms in total. The first-order valence-electron chi connectivity index (χ1n) is 12.6. The Bertz CT molecular complexity index is 1050. The number of hydrogen-bond donors (Lipinski definition) is 0. The van der Waals surface area contributed by atoms with E-state index in [1.165, 1.54) is 0 Å². The Kier molecular flexibility index (Phi) is 7.22. The molecule has 7 heteroatoms. The van der Waals surface area contributed by atoms with Crippen LogP contribution in [0.15, 0.2) is 24.6 Å². The average Bonchev–Trinajstić information content (AvgIpc) is 3.15. The van der Waals surface area contributed by atoms with Gasteiger partial charge in [-0.3, -0.25) is 4.40 Å². The van der Waals surface area contributed by atoms with E-state index in [1.54, 1.807) is 0 Å². The van der Waals surface area contributed by atoms with Gasteiger partial charge in [0, 0.05) is 23.4 Å². The molecule has 0 amide bonds. The second-order valence-corrected chi connectivity index (χ2v) is 10.2. The Hall–Kier alpha value is -2.15. The lowest BCUT2D eigenvalue weighted by Crippen LogP contribution is -2.44. The second-order valence-electron chi connectivity index (χ2n) is 10.2. The lowest BCUT2D eigenvalue weighted by Gasteiger charge is -2.41. The Morgan fingerprint density at radius 3 is 2.35 bits per heavy atom. The quantitative estimate of drug-likeness (QED) is 0.435. The number of alkyl halides is 3. The fraction of sp³-hybridized carbons (Fsp3) is 0.630. The van der Waals surface area contributed by atoms with E-state index in [-0.39, 0.29) is 24.8 Å². The molecule has 0 radical (unpaired) electrons. The molecule has 186 valence electrons. The van der Waals surface area contributed by atoms with Gasteiger partial charge in [0.05, 0.1) is 22.8 Å². The number of hydrogen-bond acceptors (Lipinski definition) is 3. The maximum absolute atomic E-state index is 13.1. The number of aromatic nitrogens is 3. The van der Waals surface area contributed by atoms with Crippen LogP contribution in [0.25, 0.3) is 11.6 Å². The molecule has 0 bridgehead atoms. The zero-order valence-corrected chi connectivity index (χ0v) is 20.8. The summed E-state index contributed by atoms with van der Waals surface area (Å²) in [5, 5.41) is 0. The van der Waals surface area contributed by atoms with Crippen LogP contribution in [0.4, 0.5) is 13.2 Å². The Labute approximate surface area is 201 Å². The summed E-state index contributed by atoms with van der Waals surface area (Å²) < 4.78 is 41.3. The van der Waals surface area contributed by atoms with E-state index in [2.05, 4.69) is 35.0 Å². The van der Waals surface area contributed by atoms with E-state index < -0.39 is 12.1 Å². The third-order valence-corrected chi connectivity index (χ3v) is 8.03. The summed E-state index contributed by atoms with van der Waals surface area (Å²) in [5.41, 5.74) is 5.48. The van der Waals surface area contributed by atoms with Gasteiger partial charge in [-0.15, -0.1) is 0 Å². The third kappa shape index (κ3) is 4.81. The van der Waals surface area contributed by atoms with Crippen molar-refractivity contribution in [1.82, 2.24) is 19.3 Å². The number of fused-ring (bicyclic) bond motifs is 1. The highest BCUT2D eigenvalue weighted by molar-refractivity contribution is 5.75. The molecule has 1 saturated carbocycles. The van der Waals surface area contributed by atoms with Crippen LogP contribution in [0.3, 0.4) is 0 Å². The molecule has 4 rings (SSSR count). The minimum Gasteiger partial charge on any atom is -0.300 e. The van der Waals surface area contributed by atoms with Gasteiger partial charge in [0.2, 0.25) is 0 Å². The standard InChI is InChI=1S/C27H37F3N4/c1-6-7-23-24(18(4)17(2)3)31-16-34-19(5)32-25(26(23)34)20-12-14-33(15-13-20)22-10-8-21(9-11-22)27(28,29)30/h6-7,16,18,20-22H,2,8-15H2,1,3-5H3. The molecule has 1 aliphatic heterocycles. The minimum absolute atomic E-state index is 0.146. The van der Waals surface area contributed by atoms with Crippen LogP contribution in [0.5, 0.6) is 0 Å². The lowest BCUT2D eigenvalue weighted by molar-refractivity contribution is -0.184. The molecule has 0 aromatic carbocycles. The summed E-state index contributed by atoms with van der Waals surface area (Å²) in [5.74, 6) is 0.306. The molecule has 0 N–H and O–H groups in total. The van der Waals surface area contributed by atoms with Gasteiger partial charge in [-0.1, -0.05) is 31.2 Å². The molecule has 34 heavy (non-hydrogen) atoms. The number of aryl methyl sites for hydroxylation is 1. The van der Waals surface area contributed by atoms with Crippen molar-refractivity contribution in [2.45, 2.75) is 90.3 Å². The molecule has 1 unspecified atom stereocenters. The van der Waals surface area contributed by atoms with Crippen molar-refractivity contribution in [3.8, 4) is 0 Å². The normalized spacial score (nSPS) is 24.2. The Balaban J connectivity index is 1.55. The van der Waals surface area contributed by atoms with Crippen LogP contribution in [0.2, 0.25) is 0 Å². The minimum atomic E-state index is -4.04. The van der Waals surface area contributed by atoms with E-state index in [0.29, 0.717) is 18.8 Å². The molecule has 2 aliphatic rings. The molecule has 2 fully saturated rings. The summed E-state index contributed by atoms with van der Waals surface area (Å²) in [7, 11) is 0. The second kappa shape index (κ2) is 9.84. The predicted octanol–water partition coefficient (Wildman–Crippen LogP) is 7.05. The summed E-state index contributed by atoms with van der Waals surface area (Å²) in [6.45, 7) is 14.2. The molecule has 1 atom stereocenters. The molecule has 1 saturated heterocycles. The highest BCUT2D eigenvalue weighted by Crippen LogP contribution is 2.41. The first kappa shape index (κ1) is 25.0. The Morgan fingerprint density at radius 2 is 1.79 bits per heavy atom. The zero-order valence-electron chi connectivity index (χ0n) is 20.8. The fourth-order valence-corrected chi connectivity index (χ4v) is 5.79. The van der Waals surface area contributed by atoms with Crippen LogP contribution in [-0.4, -0.2) is 44.6 Å². The van der Waals surface area contributed by atoms with E-state index in [9.17, 15) is 13.2 Å². The molecular formula is C27H37F3N4. The highest BCUT2D eigenvalue weighted by atomic mass is 19.4. The van der Waals surface area contributed by atoms with Crippen molar-refractivity contribution >= 4 is 11.6 Å². The molecule has 2 aromatic rings. The number of likely N-dealkylation sites (tertiary alicyclic amines) is 1. The molecule has 0 spiro atoms. The van der Waals surface area contributed by atoms with Gasteiger partial charge in [0.15, 0.2) is 0 Å². The average molecular weight is 475 g/mol. The van der Waals surface area contributed by atoms with Crippen molar-refractivity contribution in [2.24, 2.45) is 5.92 Å². The van der Waals surface area contributed by atoms with E-state index in [4.69, 9.17) is 9.97 Å². The number of rotatable bonds is 5. The summed E-state index contributed by atoms with van der Waals surface area (Å²) in [4.78, 5) is 12.2. The summed E-state index contributed by atoms with van der Waals surface area (Å²) in [6, 6.07) is 0.283. The molecular weight excluding hydrogens is 437 g/mol. The van der Waals surface area contributed by atoms with Crippen LogP contribution in [-0.2, 0) is 0 Å². The summed E-state index contributed by atoms with van der Waals surface area (Å²) in [6.07, 6.45) is 5.83. The maximum atomic E-state index is 13.1. The maximum Gasteiger partial charge on any atom is 0.391 e. The molecule has 2 aromatic heterocycles. The zero-order chi connectivity index (χ0) is 24.6.